The number of imidazole rings is 1. The number of H-pyrrole nitrogens is 1. The zero-order chi connectivity index (χ0) is 19.5. The molecule has 0 amide bonds. The Morgan fingerprint density at radius 2 is 1.96 bits per heavy atom. The fourth-order valence-corrected chi connectivity index (χ4v) is 3.47. The van der Waals surface area contributed by atoms with Crippen LogP contribution in [0.25, 0.3) is 11.3 Å². The first-order valence-electron chi connectivity index (χ1n) is 9.05. The van der Waals surface area contributed by atoms with Crippen LogP contribution in [0.15, 0.2) is 54.7 Å². The Morgan fingerprint density at radius 1 is 1.21 bits per heavy atom. The van der Waals surface area contributed by atoms with Crippen LogP contribution in [-0.4, -0.2) is 45.7 Å². The van der Waals surface area contributed by atoms with Gasteiger partial charge in [0.2, 0.25) is 0 Å². The Balaban J connectivity index is 1.52. The summed E-state index contributed by atoms with van der Waals surface area (Å²) in [6.45, 7) is 2.70. The molecule has 2 heterocycles. The number of ether oxygens (including phenoxy) is 1. The molecule has 0 spiro atoms. The molecule has 0 radical (unpaired) electrons. The highest BCUT2D eigenvalue weighted by Crippen LogP contribution is 2.27. The van der Waals surface area contributed by atoms with Crippen LogP contribution in [0.1, 0.15) is 27.8 Å². The second kappa shape index (κ2) is 8.14. The summed E-state index contributed by atoms with van der Waals surface area (Å²) in [7, 11) is 0. The molecule has 0 unspecified atom stereocenters. The number of carbonyl (C=O) groups is 1. The highest BCUT2D eigenvalue weighted by Gasteiger charge is 2.27. The zero-order valence-corrected chi connectivity index (χ0v) is 15.9. The third-order valence-electron chi connectivity index (χ3n) is 4.89. The predicted octanol–water partition coefficient (Wildman–Crippen LogP) is 4.00. The topological polar surface area (TPSA) is 78.4 Å². The van der Waals surface area contributed by atoms with E-state index in [1.165, 1.54) is 0 Å². The number of halogens is 1. The molecule has 3 aromatic rings. The number of morpholine rings is 1. The lowest BCUT2D eigenvalue weighted by molar-refractivity contribution is -0.0156. The van der Waals surface area contributed by atoms with Crippen LogP contribution in [0, 0.1) is 0 Å². The summed E-state index contributed by atoms with van der Waals surface area (Å²) in [4.78, 5) is 21.3. The molecule has 0 saturated carbocycles. The third-order valence-corrected chi connectivity index (χ3v) is 5.14. The maximum Gasteiger partial charge on any atom is 0.335 e. The lowest BCUT2D eigenvalue weighted by Gasteiger charge is -2.34. The van der Waals surface area contributed by atoms with Crippen molar-refractivity contribution in [2.24, 2.45) is 0 Å². The number of carboxylic acid groups (broad SMARTS) is 1. The van der Waals surface area contributed by atoms with Crippen molar-refractivity contribution in [1.82, 2.24) is 14.9 Å². The van der Waals surface area contributed by atoms with Crippen LogP contribution in [0.2, 0.25) is 5.02 Å². The van der Waals surface area contributed by atoms with Gasteiger partial charge < -0.3 is 14.8 Å². The van der Waals surface area contributed by atoms with E-state index in [0.29, 0.717) is 30.3 Å². The van der Waals surface area contributed by atoms with E-state index in [1.807, 2.05) is 42.6 Å². The van der Waals surface area contributed by atoms with E-state index in [9.17, 15) is 4.79 Å². The van der Waals surface area contributed by atoms with Crippen molar-refractivity contribution >= 4 is 17.6 Å². The summed E-state index contributed by atoms with van der Waals surface area (Å²) in [6.07, 6.45) is 1.83. The minimum absolute atomic E-state index is 0.00829. The van der Waals surface area contributed by atoms with Gasteiger partial charge in [-0.2, -0.15) is 0 Å². The van der Waals surface area contributed by atoms with E-state index in [4.69, 9.17) is 21.4 Å². The SMILES string of the molecule is O=C(O)c1ccc(CN2CCOC[C@H]2c2ncc(-c3ccc(Cl)cc3)[nH]2)cc1. The second-order valence-corrected chi connectivity index (χ2v) is 7.19. The average molecular weight is 398 g/mol. The molecule has 6 nitrogen and oxygen atoms in total. The monoisotopic (exact) mass is 397 g/mol. The summed E-state index contributed by atoms with van der Waals surface area (Å²) < 4.78 is 5.69. The van der Waals surface area contributed by atoms with Crippen LogP contribution in [0.4, 0.5) is 0 Å². The van der Waals surface area contributed by atoms with Gasteiger partial charge >= 0.3 is 5.97 Å². The summed E-state index contributed by atoms with van der Waals surface area (Å²) in [5.74, 6) is -0.0621. The van der Waals surface area contributed by atoms with Crippen molar-refractivity contribution in [3.05, 3.63) is 76.7 Å². The first kappa shape index (κ1) is 18.7. The number of aromatic nitrogens is 2. The first-order valence-corrected chi connectivity index (χ1v) is 9.43. The molecule has 2 N–H and O–H groups in total. The average Bonchev–Trinajstić information content (AvgIpc) is 3.19. The number of aromatic amines is 1. The molecule has 1 saturated heterocycles. The van der Waals surface area contributed by atoms with Crippen molar-refractivity contribution < 1.29 is 14.6 Å². The molecule has 4 rings (SSSR count). The van der Waals surface area contributed by atoms with Crippen molar-refractivity contribution in [1.29, 1.82) is 0 Å². The van der Waals surface area contributed by atoms with Gasteiger partial charge in [-0.15, -0.1) is 0 Å². The smallest absolute Gasteiger partial charge is 0.335 e. The first-order chi connectivity index (χ1) is 13.6. The number of hydrogen-bond acceptors (Lipinski definition) is 4. The third kappa shape index (κ3) is 4.09. The number of rotatable bonds is 5. The van der Waals surface area contributed by atoms with Gasteiger partial charge in [-0.05, 0) is 35.4 Å². The van der Waals surface area contributed by atoms with Gasteiger partial charge in [0.15, 0.2) is 0 Å². The molecule has 7 heteroatoms. The summed E-state index contributed by atoms with van der Waals surface area (Å²) >= 11 is 5.97. The van der Waals surface area contributed by atoms with Crippen molar-refractivity contribution in [3.8, 4) is 11.3 Å². The lowest BCUT2D eigenvalue weighted by atomic mass is 10.1. The largest absolute Gasteiger partial charge is 0.478 e. The van der Waals surface area contributed by atoms with E-state index in [-0.39, 0.29) is 6.04 Å². The molecule has 0 aliphatic carbocycles. The molecule has 0 bridgehead atoms. The quantitative estimate of drug-likeness (QED) is 0.680. The number of nitrogens with one attached hydrogen (secondary N) is 1. The fourth-order valence-electron chi connectivity index (χ4n) is 3.35. The lowest BCUT2D eigenvalue weighted by Crippen LogP contribution is -2.39. The van der Waals surface area contributed by atoms with Crippen LogP contribution in [-0.2, 0) is 11.3 Å². The maximum absolute atomic E-state index is 11.0. The van der Waals surface area contributed by atoms with Gasteiger partial charge in [0.05, 0.1) is 36.7 Å². The van der Waals surface area contributed by atoms with Gasteiger partial charge in [-0.1, -0.05) is 35.9 Å². The number of aromatic carboxylic acids is 1. The van der Waals surface area contributed by atoms with E-state index in [2.05, 4.69) is 14.9 Å². The number of nitrogens with zero attached hydrogens (tertiary/aromatic N) is 2. The summed E-state index contributed by atoms with van der Waals surface area (Å²) in [5.41, 5.74) is 3.31. The Labute approximate surface area is 167 Å². The number of carboxylic acids is 1. The van der Waals surface area contributed by atoms with Gasteiger partial charge in [0.25, 0.3) is 0 Å². The van der Waals surface area contributed by atoms with E-state index in [1.54, 1.807) is 12.1 Å². The molecule has 28 heavy (non-hydrogen) atoms. The van der Waals surface area contributed by atoms with Gasteiger partial charge in [0.1, 0.15) is 5.82 Å². The van der Waals surface area contributed by atoms with Gasteiger partial charge in [-0.25, -0.2) is 9.78 Å². The number of benzene rings is 2. The highest BCUT2D eigenvalue weighted by atomic mass is 35.5. The maximum atomic E-state index is 11.0. The number of hydrogen-bond donors (Lipinski definition) is 2. The van der Waals surface area contributed by atoms with Crippen LogP contribution in [0.5, 0.6) is 0 Å². The van der Waals surface area contributed by atoms with Crippen LogP contribution in [0.3, 0.4) is 0 Å². The molecule has 1 fully saturated rings. The summed E-state index contributed by atoms with van der Waals surface area (Å²) in [5, 5.41) is 9.75. The van der Waals surface area contributed by atoms with Crippen molar-refractivity contribution in [2.45, 2.75) is 12.6 Å². The van der Waals surface area contributed by atoms with Gasteiger partial charge in [0, 0.05) is 18.1 Å². The molecule has 1 aromatic heterocycles. The predicted molar refractivity (Wildman–Crippen MR) is 106 cm³/mol. The Bertz CT molecular complexity index is 954. The van der Waals surface area contributed by atoms with Crippen molar-refractivity contribution in [3.63, 3.8) is 0 Å². The Hall–Kier alpha value is -2.67. The van der Waals surface area contributed by atoms with E-state index < -0.39 is 5.97 Å². The van der Waals surface area contributed by atoms with Gasteiger partial charge in [-0.3, -0.25) is 4.90 Å². The van der Waals surface area contributed by atoms with Crippen LogP contribution >= 0.6 is 11.6 Å². The van der Waals surface area contributed by atoms with Crippen LogP contribution < -0.4 is 0 Å². The molecule has 1 atom stereocenters. The fraction of sp³-hybridized carbons (Fsp3) is 0.238. The van der Waals surface area contributed by atoms with E-state index >= 15 is 0 Å². The minimum atomic E-state index is -0.916. The molecule has 144 valence electrons. The molecule has 1 aliphatic rings. The highest BCUT2D eigenvalue weighted by molar-refractivity contribution is 6.30. The molecular formula is C21H20ClN3O3. The molecule has 2 aromatic carbocycles. The summed E-state index contributed by atoms with van der Waals surface area (Å²) in [6, 6.07) is 14.6. The van der Waals surface area contributed by atoms with E-state index in [0.717, 1.165) is 29.2 Å². The second-order valence-electron chi connectivity index (χ2n) is 6.75. The Morgan fingerprint density at radius 3 is 2.68 bits per heavy atom. The molecular weight excluding hydrogens is 378 g/mol. The molecule has 1 aliphatic heterocycles. The minimum Gasteiger partial charge on any atom is -0.478 e. The zero-order valence-electron chi connectivity index (χ0n) is 15.1. The Kier molecular flexibility index (Phi) is 5.43. The standard InChI is InChI=1S/C21H20ClN3O3/c22-17-7-5-15(6-8-17)18-11-23-20(24-18)19-13-28-10-9-25(19)12-14-1-3-16(4-2-14)21(26)27/h1-8,11,19H,9-10,12-13H2,(H,23,24)(H,26,27)/t19-/m0/s1. The van der Waals surface area contributed by atoms with Crippen molar-refractivity contribution in [2.75, 3.05) is 19.8 Å². The normalized spacial score (nSPS) is 17.5.